The van der Waals surface area contributed by atoms with Gasteiger partial charge in [-0.2, -0.15) is 0 Å². The van der Waals surface area contributed by atoms with Crippen molar-refractivity contribution in [1.29, 1.82) is 0 Å². The molecule has 1 nitrogen and oxygen atoms in total. The third kappa shape index (κ3) is 3.49. The second-order valence-electron chi connectivity index (χ2n) is 5.48. The number of hydrogen-bond donors (Lipinski definition) is 0. The highest BCUT2D eigenvalue weighted by Crippen LogP contribution is 2.29. The van der Waals surface area contributed by atoms with Gasteiger partial charge in [0.05, 0.1) is 0 Å². The smallest absolute Gasteiger partial charge is 0.0462 e. The van der Waals surface area contributed by atoms with Crippen LogP contribution < -0.4 is 0 Å². The summed E-state index contributed by atoms with van der Waals surface area (Å²) in [5, 5.41) is 0.861. The molecule has 0 bridgehead atoms. The maximum Gasteiger partial charge on any atom is 0.0462 e. The predicted octanol–water partition coefficient (Wildman–Crippen LogP) is 5.11. The van der Waals surface area contributed by atoms with E-state index in [9.17, 15) is 0 Å². The van der Waals surface area contributed by atoms with Crippen molar-refractivity contribution < 1.29 is 0 Å². The molecule has 0 amide bonds. The Labute approximate surface area is 124 Å². The molecule has 0 aromatic heterocycles. The lowest BCUT2D eigenvalue weighted by molar-refractivity contribution is 0.133. The molecule has 0 saturated heterocycles. The van der Waals surface area contributed by atoms with Gasteiger partial charge in [-0.25, -0.2) is 0 Å². The van der Waals surface area contributed by atoms with E-state index in [1.54, 1.807) is 0 Å². The third-order valence-electron chi connectivity index (χ3n) is 4.07. The van der Waals surface area contributed by atoms with Crippen molar-refractivity contribution in [1.82, 2.24) is 4.90 Å². The van der Waals surface area contributed by atoms with Crippen molar-refractivity contribution in [3.63, 3.8) is 0 Å². The van der Waals surface area contributed by atoms with Gasteiger partial charge in [-0.05, 0) is 43.5 Å². The standard InChI is InChI=1S/C15H21BrClN/c1-11-5-3-4-6-15(11)18(2)10-12-7-8-13(16)9-14(12)17/h7-9,11,15H,3-6,10H2,1-2H3. The molecule has 0 heterocycles. The minimum absolute atomic E-state index is 0.707. The van der Waals surface area contributed by atoms with Crippen molar-refractivity contribution in [2.75, 3.05) is 7.05 Å². The van der Waals surface area contributed by atoms with E-state index in [-0.39, 0.29) is 0 Å². The maximum absolute atomic E-state index is 6.29. The second-order valence-corrected chi connectivity index (χ2v) is 6.80. The Kier molecular flexibility index (Phi) is 5.11. The summed E-state index contributed by atoms with van der Waals surface area (Å²) < 4.78 is 1.05. The summed E-state index contributed by atoms with van der Waals surface area (Å²) in [5.74, 6) is 0.804. The predicted molar refractivity (Wildman–Crippen MR) is 82.0 cm³/mol. The van der Waals surface area contributed by atoms with Gasteiger partial charge in [0.2, 0.25) is 0 Å². The second kappa shape index (κ2) is 6.40. The van der Waals surface area contributed by atoms with Crippen molar-refractivity contribution in [3.05, 3.63) is 33.3 Å². The monoisotopic (exact) mass is 329 g/mol. The summed E-state index contributed by atoms with van der Waals surface area (Å²) in [6, 6.07) is 6.88. The molecule has 0 aliphatic heterocycles. The van der Waals surface area contributed by atoms with Crippen LogP contribution in [-0.2, 0) is 6.54 Å². The van der Waals surface area contributed by atoms with E-state index < -0.39 is 0 Å². The number of nitrogens with zero attached hydrogens (tertiary/aromatic N) is 1. The fourth-order valence-corrected chi connectivity index (χ4v) is 3.72. The topological polar surface area (TPSA) is 3.24 Å². The SMILES string of the molecule is CC1CCCCC1N(C)Cc1ccc(Br)cc1Cl. The Bertz CT molecular complexity index is 407. The lowest BCUT2D eigenvalue weighted by Gasteiger charge is -2.36. The van der Waals surface area contributed by atoms with Crippen LogP contribution in [-0.4, -0.2) is 18.0 Å². The summed E-state index contributed by atoms with van der Waals surface area (Å²) in [5.41, 5.74) is 1.22. The van der Waals surface area contributed by atoms with Crippen molar-refractivity contribution in [2.45, 2.75) is 45.2 Å². The molecular formula is C15H21BrClN. The molecule has 2 rings (SSSR count). The zero-order valence-corrected chi connectivity index (χ0v) is 13.5. The third-order valence-corrected chi connectivity index (χ3v) is 4.91. The number of benzene rings is 1. The summed E-state index contributed by atoms with van der Waals surface area (Å²) in [6.45, 7) is 3.32. The quantitative estimate of drug-likeness (QED) is 0.744. The Hall–Kier alpha value is -0.0500. The highest BCUT2D eigenvalue weighted by Gasteiger charge is 2.25. The molecule has 0 N–H and O–H groups in total. The summed E-state index contributed by atoms with van der Waals surface area (Å²) in [6.07, 6.45) is 5.45. The lowest BCUT2D eigenvalue weighted by Crippen LogP contribution is -2.38. The van der Waals surface area contributed by atoms with Gasteiger partial charge < -0.3 is 0 Å². The number of rotatable bonds is 3. The number of halogens is 2. The molecule has 1 aliphatic carbocycles. The molecule has 1 fully saturated rings. The molecule has 1 aromatic rings. The molecule has 1 aliphatic rings. The first-order chi connectivity index (χ1) is 8.58. The first-order valence-corrected chi connectivity index (χ1v) is 7.89. The molecule has 2 unspecified atom stereocenters. The summed E-state index contributed by atoms with van der Waals surface area (Å²) >= 11 is 9.74. The van der Waals surface area contributed by atoms with Gasteiger partial charge in [0, 0.05) is 22.1 Å². The average Bonchev–Trinajstić information content (AvgIpc) is 2.33. The fourth-order valence-electron chi connectivity index (χ4n) is 2.99. The van der Waals surface area contributed by atoms with Crippen LogP contribution in [0.3, 0.4) is 0 Å². The van der Waals surface area contributed by atoms with E-state index in [2.05, 4.69) is 46.9 Å². The van der Waals surface area contributed by atoms with Gasteiger partial charge in [-0.3, -0.25) is 4.90 Å². The van der Waals surface area contributed by atoms with Crippen LogP contribution in [0.25, 0.3) is 0 Å². The molecule has 100 valence electrons. The average molecular weight is 331 g/mol. The highest BCUT2D eigenvalue weighted by atomic mass is 79.9. The van der Waals surface area contributed by atoms with Crippen LogP contribution >= 0.6 is 27.5 Å². The first kappa shape index (κ1) is 14.4. The van der Waals surface area contributed by atoms with Crippen LogP contribution in [0.4, 0.5) is 0 Å². The largest absolute Gasteiger partial charge is 0.299 e. The minimum Gasteiger partial charge on any atom is -0.299 e. The Balaban J connectivity index is 2.03. The normalized spacial score (nSPS) is 24.5. The van der Waals surface area contributed by atoms with Crippen molar-refractivity contribution >= 4 is 27.5 Å². The molecule has 18 heavy (non-hydrogen) atoms. The molecule has 2 atom stereocenters. The van der Waals surface area contributed by atoms with E-state index in [1.807, 2.05) is 6.07 Å². The van der Waals surface area contributed by atoms with E-state index in [4.69, 9.17) is 11.6 Å². The van der Waals surface area contributed by atoms with Crippen LogP contribution in [0.15, 0.2) is 22.7 Å². The van der Waals surface area contributed by atoms with E-state index in [1.165, 1.54) is 31.2 Å². The summed E-state index contributed by atoms with van der Waals surface area (Å²) in [4.78, 5) is 2.47. The lowest BCUT2D eigenvalue weighted by atomic mass is 9.85. The maximum atomic E-state index is 6.29. The molecule has 1 aromatic carbocycles. The van der Waals surface area contributed by atoms with E-state index in [0.717, 1.165) is 22.0 Å². The number of hydrogen-bond acceptors (Lipinski definition) is 1. The van der Waals surface area contributed by atoms with E-state index >= 15 is 0 Å². The van der Waals surface area contributed by atoms with Gasteiger partial charge in [-0.15, -0.1) is 0 Å². The molecule has 3 heteroatoms. The van der Waals surface area contributed by atoms with Crippen molar-refractivity contribution in [3.8, 4) is 0 Å². The fraction of sp³-hybridized carbons (Fsp3) is 0.600. The van der Waals surface area contributed by atoms with Crippen LogP contribution in [0, 0.1) is 5.92 Å². The van der Waals surface area contributed by atoms with Gasteiger partial charge in [-0.1, -0.05) is 53.4 Å². The van der Waals surface area contributed by atoms with Gasteiger partial charge in [0.1, 0.15) is 0 Å². The first-order valence-electron chi connectivity index (χ1n) is 6.72. The zero-order valence-electron chi connectivity index (χ0n) is 11.1. The van der Waals surface area contributed by atoms with Crippen LogP contribution in [0.5, 0.6) is 0 Å². The molecular weight excluding hydrogens is 310 g/mol. The van der Waals surface area contributed by atoms with Gasteiger partial charge in [0.25, 0.3) is 0 Å². The Morgan fingerprint density at radius 3 is 2.72 bits per heavy atom. The molecule has 0 radical (unpaired) electrons. The minimum atomic E-state index is 0.707. The Morgan fingerprint density at radius 2 is 2.06 bits per heavy atom. The van der Waals surface area contributed by atoms with Gasteiger partial charge >= 0.3 is 0 Å². The van der Waals surface area contributed by atoms with Gasteiger partial charge in [0.15, 0.2) is 0 Å². The van der Waals surface area contributed by atoms with Crippen LogP contribution in [0.2, 0.25) is 5.02 Å². The zero-order chi connectivity index (χ0) is 13.1. The highest BCUT2D eigenvalue weighted by molar-refractivity contribution is 9.10. The van der Waals surface area contributed by atoms with Crippen molar-refractivity contribution in [2.24, 2.45) is 5.92 Å². The molecule has 1 saturated carbocycles. The van der Waals surface area contributed by atoms with E-state index in [0.29, 0.717) is 6.04 Å². The molecule has 0 spiro atoms. The Morgan fingerprint density at radius 1 is 1.33 bits per heavy atom. The summed E-state index contributed by atoms with van der Waals surface area (Å²) in [7, 11) is 2.23. The van der Waals surface area contributed by atoms with Crippen LogP contribution in [0.1, 0.15) is 38.2 Å².